The molecule has 0 fully saturated rings. The molecule has 19 heavy (non-hydrogen) atoms. The van der Waals surface area contributed by atoms with Crippen molar-refractivity contribution in [2.24, 2.45) is 0 Å². The molecular formula is C14H15BrClN3. The van der Waals surface area contributed by atoms with Gasteiger partial charge in [0.15, 0.2) is 0 Å². The highest BCUT2D eigenvalue weighted by Gasteiger charge is 2.14. The maximum absolute atomic E-state index is 6.25. The first kappa shape index (κ1) is 14.4. The summed E-state index contributed by atoms with van der Waals surface area (Å²) in [5.74, 6) is 0. The number of rotatable bonds is 4. The summed E-state index contributed by atoms with van der Waals surface area (Å²) in [5, 5.41) is 4.01. The van der Waals surface area contributed by atoms with Gasteiger partial charge in [0.25, 0.3) is 0 Å². The van der Waals surface area contributed by atoms with Crippen molar-refractivity contribution in [3.05, 3.63) is 57.0 Å². The summed E-state index contributed by atoms with van der Waals surface area (Å²) in [7, 11) is 1.92. The highest BCUT2D eigenvalue weighted by molar-refractivity contribution is 9.10. The Hall–Kier alpha value is -0.970. The number of likely N-dealkylation sites (N-methyl/N-ethyl adjacent to an activating group) is 1. The fourth-order valence-corrected chi connectivity index (χ4v) is 2.59. The first-order chi connectivity index (χ1) is 9.10. The Labute approximate surface area is 126 Å². The normalized spacial score (nSPS) is 12.4. The van der Waals surface area contributed by atoms with Gasteiger partial charge in [-0.15, -0.1) is 0 Å². The zero-order valence-corrected chi connectivity index (χ0v) is 13.2. The fraction of sp³-hybridized carbons (Fsp3) is 0.286. The number of aromatic nitrogens is 2. The van der Waals surface area contributed by atoms with E-state index in [1.807, 2.05) is 38.4 Å². The van der Waals surface area contributed by atoms with Gasteiger partial charge in [0.1, 0.15) is 0 Å². The number of benzene rings is 1. The van der Waals surface area contributed by atoms with Crippen LogP contribution in [0.2, 0.25) is 5.02 Å². The monoisotopic (exact) mass is 339 g/mol. The van der Waals surface area contributed by atoms with Crippen molar-refractivity contribution in [2.75, 3.05) is 7.05 Å². The van der Waals surface area contributed by atoms with E-state index >= 15 is 0 Å². The molecule has 1 unspecified atom stereocenters. The summed E-state index contributed by atoms with van der Waals surface area (Å²) < 4.78 is 0.984. The second kappa shape index (κ2) is 6.46. The largest absolute Gasteiger partial charge is 0.311 e. The van der Waals surface area contributed by atoms with Crippen molar-refractivity contribution in [3.8, 4) is 0 Å². The summed E-state index contributed by atoms with van der Waals surface area (Å²) in [6.45, 7) is 1.93. The van der Waals surface area contributed by atoms with Gasteiger partial charge in [0, 0.05) is 15.7 Å². The quantitative estimate of drug-likeness (QED) is 0.922. The van der Waals surface area contributed by atoms with Crippen molar-refractivity contribution in [1.82, 2.24) is 15.3 Å². The summed E-state index contributed by atoms with van der Waals surface area (Å²) >= 11 is 9.66. The van der Waals surface area contributed by atoms with Gasteiger partial charge in [-0.2, -0.15) is 0 Å². The zero-order chi connectivity index (χ0) is 13.8. The van der Waals surface area contributed by atoms with Crippen molar-refractivity contribution < 1.29 is 0 Å². The Morgan fingerprint density at radius 1 is 1.32 bits per heavy atom. The lowest BCUT2D eigenvalue weighted by Gasteiger charge is -2.16. The van der Waals surface area contributed by atoms with E-state index < -0.39 is 0 Å². The van der Waals surface area contributed by atoms with E-state index in [4.69, 9.17) is 11.6 Å². The van der Waals surface area contributed by atoms with E-state index in [-0.39, 0.29) is 6.04 Å². The van der Waals surface area contributed by atoms with Crippen LogP contribution < -0.4 is 5.32 Å². The Bertz CT molecular complexity index is 557. The number of halogens is 2. The molecule has 1 aromatic carbocycles. The third kappa shape index (κ3) is 3.75. The molecule has 0 aliphatic carbocycles. The third-order valence-electron chi connectivity index (χ3n) is 2.95. The Balaban J connectivity index is 2.21. The van der Waals surface area contributed by atoms with Crippen LogP contribution in [0.3, 0.4) is 0 Å². The number of nitrogens with zero attached hydrogens (tertiary/aromatic N) is 2. The van der Waals surface area contributed by atoms with Gasteiger partial charge >= 0.3 is 0 Å². The fourth-order valence-electron chi connectivity index (χ4n) is 1.84. The van der Waals surface area contributed by atoms with Crippen molar-refractivity contribution >= 4 is 27.5 Å². The molecule has 0 spiro atoms. The summed E-state index contributed by atoms with van der Waals surface area (Å²) in [5.41, 5.74) is 2.93. The van der Waals surface area contributed by atoms with E-state index in [0.717, 1.165) is 32.9 Å². The molecule has 0 aliphatic rings. The van der Waals surface area contributed by atoms with Crippen LogP contribution in [-0.2, 0) is 6.42 Å². The minimum absolute atomic E-state index is 0.103. The van der Waals surface area contributed by atoms with Crippen LogP contribution in [0.5, 0.6) is 0 Å². The van der Waals surface area contributed by atoms with Crippen molar-refractivity contribution in [2.45, 2.75) is 19.4 Å². The molecule has 2 rings (SSSR count). The molecule has 0 saturated carbocycles. The smallest absolute Gasteiger partial charge is 0.0759 e. The number of aryl methyl sites for hydroxylation is 1. The second-order valence-corrected chi connectivity index (χ2v) is 5.69. The van der Waals surface area contributed by atoms with Crippen LogP contribution in [0.4, 0.5) is 0 Å². The van der Waals surface area contributed by atoms with Crippen molar-refractivity contribution in [1.29, 1.82) is 0 Å². The molecule has 0 aliphatic heterocycles. The average molecular weight is 341 g/mol. The second-order valence-electron chi connectivity index (χ2n) is 4.36. The number of nitrogens with one attached hydrogen (secondary N) is 1. The molecule has 100 valence electrons. The molecule has 0 amide bonds. The number of hydrogen-bond acceptors (Lipinski definition) is 3. The molecule has 1 heterocycles. The first-order valence-electron chi connectivity index (χ1n) is 6.00. The Morgan fingerprint density at radius 3 is 2.68 bits per heavy atom. The Morgan fingerprint density at radius 2 is 2.11 bits per heavy atom. The van der Waals surface area contributed by atoms with Crippen LogP contribution >= 0.6 is 27.5 Å². The number of hydrogen-bond donors (Lipinski definition) is 1. The lowest BCUT2D eigenvalue weighted by atomic mass is 10.0. The Kier molecular flexibility index (Phi) is 4.91. The van der Waals surface area contributed by atoms with Gasteiger partial charge in [0.2, 0.25) is 0 Å². The van der Waals surface area contributed by atoms with Crippen LogP contribution in [0.15, 0.2) is 35.1 Å². The predicted molar refractivity (Wildman–Crippen MR) is 81.4 cm³/mol. The standard InChI is InChI=1S/C14H15BrClN3/c1-9-7-19-14(8-18-9)13(17-2)5-10-3-4-11(15)6-12(10)16/h3-4,6-8,13,17H,5H2,1-2H3. The van der Waals surface area contributed by atoms with E-state index in [2.05, 4.69) is 31.2 Å². The summed E-state index contributed by atoms with van der Waals surface area (Å²) in [6, 6.07) is 6.03. The average Bonchev–Trinajstić information content (AvgIpc) is 2.39. The minimum Gasteiger partial charge on any atom is -0.311 e. The SMILES string of the molecule is CNC(Cc1ccc(Br)cc1Cl)c1cnc(C)cn1. The first-order valence-corrected chi connectivity index (χ1v) is 7.17. The van der Waals surface area contributed by atoms with E-state index in [1.54, 1.807) is 6.20 Å². The molecule has 1 aromatic heterocycles. The van der Waals surface area contributed by atoms with Crippen LogP contribution in [-0.4, -0.2) is 17.0 Å². The van der Waals surface area contributed by atoms with Gasteiger partial charge in [-0.3, -0.25) is 9.97 Å². The minimum atomic E-state index is 0.103. The topological polar surface area (TPSA) is 37.8 Å². The maximum Gasteiger partial charge on any atom is 0.0759 e. The highest BCUT2D eigenvalue weighted by atomic mass is 79.9. The molecular weight excluding hydrogens is 326 g/mol. The lowest BCUT2D eigenvalue weighted by molar-refractivity contribution is 0.572. The van der Waals surface area contributed by atoms with Gasteiger partial charge in [0.05, 0.1) is 23.6 Å². The van der Waals surface area contributed by atoms with E-state index in [1.165, 1.54) is 0 Å². The van der Waals surface area contributed by atoms with E-state index in [0.29, 0.717) is 0 Å². The van der Waals surface area contributed by atoms with E-state index in [9.17, 15) is 0 Å². The van der Waals surface area contributed by atoms with Crippen LogP contribution in [0, 0.1) is 6.92 Å². The predicted octanol–water partition coefficient (Wildman–Crippen LogP) is 3.70. The molecule has 0 saturated heterocycles. The summed E-state index contributed by atoms with van der Waals surface area (Å²) in [4.78, 5) is 8.70. The molecule has 0 bridgehead atoms. The summed E-state index contributed by atoms with van der Waals surface area (Å²) in [6.07, 6.45) is 4.37. The molecule has 1 N–H and O–H groups in total. The maximum atomic E-state index is 6.25. The van der Waals surface area contributed by atoms with Crippen molar-refractivity contribution in [3.63, 3.8) is 0 Å². The van der Waals surface area contributed by atoms with Gasteiger partial charge < -0.3 is 5.32 Å². The van der Waals surface area contributed by atoms with Gasteiger partial charge in [-0.25, -0.2) is 0 Å². The third-order valence-corrected chi connectivity index (χ3v) is 3.79. The molecule has 2 aromatic rings. The van der Waals surface area contributed by atoms with Gasteiger partial charge in [-0.1, -0.05) is 33.6 Å². The molecule has 1 atom stereocenters. The van der Waals surface area contributed by atoms with Crippen LogP contribution in [0.25, 0.3) is 0 Å². The molecule has 3 nitrogen and oxygen atoms in total. The zero-order valence-electron chi connectivity index (χ0n) is 10.8. The lowest BCUT2D eigenvalue weighted by Crippen LogP contribution is -2.20. The van der Waals surface area contributed by atoms with Crippen LogP contribution in [0.1, 0.15) is 23.0 Å². The molecule has 5 heteroatoms. The highest BCUT2D eigenvalue weighted by Crippen LogP contribution is 2.25. The molecule has 0 radical (unpaired) electrons. The van der Waals surface area contributed by atoms with Gasteiger partial charge in [-0.05, 0) is 38.1 Å².